The number of rotatable bonds is 3. The van der Waals surface area contributed by atoms with E-state index in [2.05, 4.69) is 22.2 Å². The Morgan fingerprint density at radius 3 is 3.15 bits per heavy atom. The van der Waals surface area contributed by atoms with E-state index < -0.39 is 0 Å². The zero-order valence-corrected chi connectivity index (χ0v) is 11.6. The van der Waals surface area contributed by atoms with E-state index >= 15 is 0 Å². The van der Waals surface area contributed by atoms with Gasteiger partial charge in [0.15, 0.2) is 0 Å². The fraction of sp³-hybridized carbons (Fsp3) is 0.400. The molecule has 0 saturated carbocycles. The number of nitrogens with two attached hydrogens (primary N) is 1. The van der Waals surface area contributed by atoms with Gasteiger partial charge in [0.25, 0.3) is 5.91 Å². The number of hydrogen-bond acceptors (Lipinski definition) is 3. The Bertz CT molecular complexity index is 634. The largest absolute Gasteiger partial charge is 0.399 e. The molecule has 1 aliphatic heterocycles. The van der Waals surface area contributed by atoms with Crippen molar-refractivity contribution in [2.45, 2.75) is 18.9 Å². The van der Waals surface area contributed by atoms with Crippen molar-refractivity contribution in [3.63, 3.8) is 0 Å². The van der Waals surface area contributed by atoms with Crippen LogP contribution in [0.25, 0.3) is 10.9 Å². The molecule has 0 spiro atoms. The molecule has 0 aliphatic carbocycles. The van der Waals surface area contributed by atoms with Gasteiger partial charge in [-0.25, -0.2) is 0 Å². The van der Waals surface area contributed by atoms with Gasteiger partial charge in [0.2, 0.25) is 0 Å². The molecule has 106 valence electrons. The van der Waals surface area contributed by atoms with Crippen molar-refractivity contribution in [2.24, 2.45) is 0 Å². The number of nitrogens with one attached hydrogen (secondary N) is 2. The van der Waals surface area contributed by atoms with E-state index in [9.17, 15) is 4.79 Å². The van der Waals surface area contributed by atoms with Gasteiger partial charge >= 0.3 is 0 Å². The average Bonchev–Trinajstić information content (AvgIpc) is 3.02. The van der Waals surface area contributed by atoms with Gasteiger partial charge in [-0.15, -0.1) is 0 Å². The van der Waals surface area contributed by atoms with Gasteiger partial charge in [-0.3, -0.25) is 4.79 Å². The van der Waals surface area contributed by atoms with Gasteiger partial charge in [-0.2, -0.15) is 0 Å². The van der Waals surface area contributed by atoms with E-state index in [0.29, 0.717) is 23.8 Å². The Balaban J connectivity index is 1.72. The Kier molecular flexibility index (Phi) is 3.36. The molecular weight excluding hydrogens is 252 g/mol. The molecular formula is C15H20N4O. The average molecular weight is 272 g/mol. The third kappa shape index (κ3) is 2.36. The highest BCUT2D eigenvalue weighted by Gasteiger charge is 2.21. The highest BCUT2D eigenvalue weighted by atomic mass is 16.1. The van der Waals surface area contributed by atoms with E-state index in [1.165, 1.54) is 6.42 Å². The fourth-order valence-corrected chi connectivity index (χ4v) is 2.87. The van der Waals surface area contributed by atoms with E-state index in [-0.39, 0.29) is 5.91 Å². The first kappa shape index (κ1) is 13.0. The summed E-state index contributed by atoms with van der Waals surface area (Å²) in [6, 6.07) is 6.01. The Morgan fingerprint density at radius 1 is 1.55 bits per heavy atom. The van der Waals surface area contributed by atoms with Gasteiger partial charge in [-0.05, 0) is 44.6 Å². The maximum atomic E-state index is 12.3. The molecule has 1 unspecified atom stereocenters. The van der Waals surface area contributed by atoms with Crippen LogP contribution in [0.2, 0.25) is 0 Å². The van der Waals surface area contributed by atoms with Crippen LogP contribution in [0.4, 0.5) is 5.69 Å². The normalized spacial score (nSPS) is 19.6. The summed E-state index contributed by atoms with van der Waals surface area (Å²) in [5, 5.41) is 3.95. The van der Waals surface area contributed by atoms with Crippen LogP contribution in [0.3, 0.4) is 0 Å². The number of fused-ring (bicyclic) bond motifs is 1. The van der Waals surface area contributed by atoms with Crippen molar-refractivity contribution >= 4 is 22.5 Å². The standard InChI is InChI=1S/C15H20N4O/c1-19-6-2-3-11(19)8-18-15(20)13-9-17-14-7-10(16)4-5-12(13)14/h4-5,7,9,11,17H,2-3,6,8,16H2,1H3,(H,18,20). The highest BCUT2D eigenvalue weighted by Crippen LogP contribution is 2.21. The molecule has 2 heterocycles. The predicted molar refractivity (Wildman–Crippen MR) is 80.7 cm³/mol. The summed E-state index contributed by atoms with van der Waals surface area (Å²) in [5.74, 6) is -0.0266. The first-order chi connectivity index (χ1) is 9.65. The van der Waals surface area contributed by atoms with Crippen molar-refractivity contribution in [1.82, 2.24) is 15.2 Å². The minimum atomic E-state index is -0.0266. The van der Waals surface area contributed by atoms with Gasteiger partial charge in [0, 0.05) is 35.4 Å². The van der Waals surface area contributed by atoms with E-state index in [4.69, 9.17) is 5.73 Å². The Hall–Kier alpha value is -2.01. The molecule has 20 heavy (non-hydrogen) atoms. The van der Waals surface area contributed by atoms with E-state index in [0.717, 1.165) is 23.9 Å². The number of carbonyl (C=O) groups excluding carboxylic acids is 1. The van der Waals surface area contributed by atoms with Crippen molar-refractivity contribution in [1.29, 1.82) is 0 Å². The summed E-state index contributed by atoms with van der Waals surface area (Å²) < 4.78 is 0. The molecule has 0 bridgehead atoms. The lowest BCUT2D eigenvalue weighted by molar-refractivity contribution is 0.0945. The predicted octanol–water partition coefficient (Wildman–Crippen LogP) is 1.57. The molecule has 4 N–H and O–H groups in total. The monoisotopic (exact) mass is 272 g/mol. The summed E-state index contributed by atoms with van der Waals surface area (Å²) in [4.78, 5) is 17.7. The quantitative estimate of drug-likeness (QED) is 0.743. The van der Waals surface area contributed by atoms with Crippen LogP contribution in [0.15, 0.2) is 24.4 Å². The lowest BCUT2D eigenvalue weighted by Crippen LogP contribution is -2.38. The van der Waals surface area contributed by atoms with Gasteiger partial charge in [0.1, 0.15) is 0 Å². The number of nitrogens with zero attached hydrogens (tertiary/aromatic N) is 1. The molecule has 1 fully saturated rings. The third-order valence-electron chi connectivity index (χ3n) is 4.12. The van der Waals surface area contributed by atoms with Crippen molar-refractivity contribution in [3.8, 4) is 0 Å². The maximum Gasteiger partial charge on any atom is 0.253 e. The number of hydrogen-bond donors (Lipinski definition) is 3. The Labute approximate surface area is 118 Å². The first-order valence-electron chi connectivity index (χ1n) is 7.00. The third-order valence-corrected chi connectivity index (χ3v) is 4.12. The molecule has 1 aromatic heterocycles. The molecule has 1 aromatic carbocycles. The molecule has 2 aromatic rings. The zero-order chi connectivity index (χ0) is 14.1. The van der Waals surface area contributed by atoms with Crippen LogP contribution in [-0.2, 0) is 0 Å². The van der Waals surface area contributed by atoms with Crippen LogP contribution in [0.5, 0.6) is 0 Å². The zero-order valence-electron chi connectivity index (χ0n) is 11.6. The fourth-order valence-electron chi connectivity index (χ4n) is 2.87. The molecule has 3 rings (SSSR count). The smallest absolute Gasteiger partial charge is 0.253 e. The minimum Gasteiger partial charge on any atom is -0.399 e. The minimum absolute atomic E-state index is 0.0266. The second kappa shape index (κ2) is 5.17. The van der Waals surface area contributed by atoms with Crippen LogP contribution in [0, 0.1) is 0 Å². The Morgan fingerprint density at radius 2 is 2.40 bits per heavy atom. The summed E-state index contributed by atoms with van der Waals surface area (Å²) in [5.41, 5.74) is 8.01. The van der Waals surface area contributed by atoms with Crippen molar-refractivity contribution in [3.05, 3.63) is 30.0 Å². The van der Waals surface area contributed by atoms with Gasteiger partial charge in [-0.1, -0.05) is 0 Å². The summed E-state index contributed by atoms with van der Waals surface area (Å²) >= 11 is 0. The second-order valence-electron chi connectivity index (χ2n) is 5.49. The number of likely N-dealkylation sites (N-methyl/N-ethyl adjacent to an activating group) is 1. The summed E-state index contributed by atoms with van der Waals surface area (Å²) in [6.45, 7) is 1.82. The SMILES string of the molecule is CN1CCCC1CNC(=O)c1c[nH]c2cc(N)ccc12. The topological polar surface area (TPSA) is 74.2 Å². The second-order valence-corrected chi connectivity index (χ2v) is 5.49. The van der Waals surface area contributed by atoms with Crippen LogP contribution in [0.1, 0.15) is 23.2 Å². The van der Waals surface area contributed by atoms with E-state index in [1.54, 1.807) is 6.20 Å². The molecule has 5 heteroatoms. The summed E-state index contributed by atoms with van der Waals surface area (Å²) in [6.07, 6.45) is 4.11. The van der Waals surface area contributed by atoms with E-state index in [1.807, 2.05) is 18.2 Å². The molecule has 1 atom stereocenters. The number of amides is 1. The maximum absolute atomic E-state index is 12.3. The number of anilines is 1. The molecule has 1 amide bonds. The molecule has 5 nitrogen and oxygen atoms in total. The first-order valence-corrected chi connectivity index (χ1v) is 7.00. The van der Waals surface area contributed by atoms with Crippen molar-refractivity contribution < 1.29 is 4.79 Å². The molecule has 1 aliphatic rings. The van der Waals surface area contributed by atoms with Gasteiger partial charge in [0.05, 0.1) is 5.56 Å². The number of nitrogen functional groups attached to an aromatic ring is 1. The highest BCUT2D eigenvalue weighted by molar-refractivity contribution is 6.07. The number of benzene rings is 1. The number of aromatic amines is 1. The number of carbonyl (C=O) groups is 1. The van der Waals surface area contributed by atoms with Crippen LogP contribution >= 0.6 is 0 Å². The molecule has 0 radical (unpaired) electrons. The van der Waals surface area contributed by atoms with Crippen LogP contribution < -0.4 is 11.1 Å². The number of likely N-dealkylation sites (tertiary alicyclic amines) is 1. The van der Waals surface area contributed by atoms with Gasteiger partial charge < -0.3 is 20.9 Å². The number of aromatic nitrogens is 1. The lowest BCUT2D eigenvalue weighted by atomic mass is 10.1. The van der Waals surface area contributed by atoms with Crippen molar-refractivity contribution in [2.75, 3.05) is 25.9 Å². The number of H-pyrrole nitrogens is 1. The van der Waals surface area contributed by atoms with Crippen LogP contribution in [-0.4, -0.2) is 42.0 Å². The lowest BCUT2D eigenvalue weighted by Gasteiger charge is -2.19. The summed E-state index contributed by atoms with van der Waals surface area (Å²) in [7, 11) is 2.11. The molecule has 1 saturated heterocycles.